The van der Waals surface area contributed by atoms with Crippen LogP contribution in [0.1, 0.15) is 11.1 Å². The van der Waals surface area contributed by atoms with Gasteiger partial charge in [0.2, 0.25) is 5.91 Å². The molecular formula is C13H14N4O4. The summed E-state index contributed by atoms with van der Waals surface area (Å²) in [4.78, 5) is 34.1. The summed E-state index contributed by atoms with van der Waals surface area (Å²) in [5.74, 6) is -2.05. The fourth-order valence-corrected chi connectivity index (χ4v) is 1.54. The maximum atomic E-state index is 11.8. The summed E-state index contributed by atoms with van der Waals surface area (Å²) >= 11 is 0. The van der Waals surface area contributed by atoms with Crippen molar-refractivity contribution in [3.05, 3.63) is 35.4 Å². The number of urea groups is 1. The van der Waals surface area contributed by atoms with Gasteiger partial charge in [-0.15, -0.1) is 0 Å². The number of carboxylic acid groups (broad SMARTS) is 1. The second-order valence-electron chi connectivity index (χ2n) is 4.18. The minimum Gasteiger partial charge on any atom is -0.480 e. The van der Waals surface area contributed by atoms with Gasteiger partial charge in [0.05, 0.1) is 11.6 Å². The summed E-state index contributed by atoms with van der Waals surface area (Å²) < 4.78 is 0. The average molecular weight is 290 g/mol. The minimum atomic E-state index is -1.25. The van der Waals surface area contributed by atoms with Gasteiger partial charge in [-0.05, 0) is 17.7 Å². The van der Waals surface area contributed by atoms with Crippen LogP contribution in [0.25, 0.3) is 0 Å². The van der Waals surface area contributed by atoms with Gasteiger partial charge >= 0.3 is 12.0 Å². The zero-order valence-electron chi connectivity index (χ0n) is 11.1. The fourth-order valence-electron chi connectivity index (χ4n) is 1.54. The largest absolute Gasteiger partial charge is 0.480 e. The molecule has 8 heteroatoms. The van der Waals surface area contributed by atoms with Crippen LogP contribution < -0.4 is 11.1 Å². The van der Waals surface area contributed by atoms with Gasteiger partial charge in [0.1, 0.15) is 13.1 Å². The molecule has 8 nitrogen and oxygen atoms in total. The number of amides is 3. The normalized spacial score (nSPS) is 9.48. The van der Waals surface area contributed by atoms with Crippen molar-refractivity contribution in [2.45, 2.75) is 6.54 Å². The van der Waals surface area contributed by atoms with Crippen molar-refractivity contribution in [3.63, 3.8) is 0 Å². The van der Waals surface area contributed by atoms with E-state index in [2.05, 4.69) is 5.32 Å². The Balaban J connectivity index is 2.61. The smallest absolute Gasteiger partial charge is 0.323 e. The number of carbonyl (C=O) groups excluding carboxylic acids is 2. The first-order valence-electron chi connectivity index (χ1n) is 5.94. The summed E-state index contributed by atoms with van der Waals surface area (Å²) in [5, 5.41) is 19.8. The van der Waals surface area contributed by atoms with Gasteiger partial charge in [-0.25, -0.2) is 4.79 Å². The number of nitrogens with one attached hydrogen (secondary N) is 1. The third-order valence-corrected chi connectivity index (χ3v) is 2.49. The molecule has 0 atom stereocenters. The predicted molar refractivity (Wildman–Crippen MR) is 71.8 cm³/mol. The summed E-state index contributed by atoms with van der Waals surface area (Å²) in [7, 11) is 0. The Morgan fingerprint density at radius 2 is 1.86 bits per heavy atom. The van der Waals surface area contributed by atoms with Crippen LogP contribution in [0.2, 0.25) is 0 Å². The Kier molecular flexibility index (Phi) is 5.70. The van der Waals surface area contributed by atoms with Crippen molar-refractivity contribution in [3.8, 4) is 6.07 Å². The number of carbonyl (C=O) groups is 3. The van der Waals surface area contributed by atoms with E-state index in [1.807, 2.05) is 6.07 Å². The molecule has 21 heavy (non-hydrogen) atoms. The molecule has 1 aromatic rings. The van der Waals surface area contributed by atoms with E-state index >= 15 is 0 Å². The van der Waals surface area contributed by atoms with E-state index in [0.29, 0.717) is 5.56 Å². The second kappa shape index (κ2) is 7.49. The third kappa shape index (κ3) is 5.61. The molecule has 0 saturated carbocycles. The zero-order valence-corrected chi connectivity index (χ0v) is 11.1. The molecule has 0 aliphatic rings. The predicted octanol–water partition coefficient (Wildman–Crippen LogP) is -0.360. The Bertz CT molecular complexity index is 561. The number of primary amides is 1. The Morgan fingerprint density at radius 1 is 1.24 bits per heavy atom. The molecular weight excluding hydrogens is 276 g/mol. The van der Waals surface area contributed by atoms with Crippen molar-refractivity contribution >= 4 is 17.9 Å². The first kappa shape index (κ1) is 16.0. The molecule has 0 aliphatic heterocycles. The minimum absolute atomic E-state index is 0.138. The third-order valence-electron chi connectivity index (χ3n) is 2.49. The summed E-state index contributed by atoms with van der Waals surface area (Å²) in [6, 6.07) is 7.78. The van der Waals surface area contributed by atoms with Crippen molar-refractivity contribution in [1.82, 2.24) is 10.2 Å². The van der Waals surface area contributed by atoms with Gasteiger partial charge in [0, 0.05) is 6.54 Å². The Labute approximate surface area is 120 Å². The lowest BCUT2D eigenvalue weighted by Gasteiger charge is -2.19. The molecule has 0 aliphatic carbocycles. The molecule has 0 bridgehead atoms. The second-order valence-corrected chi connectivity index (χ2v) is 4.18. The fraction of sp³-hybridized carbons (Fsp3) is 0.231. The summed E-state index contributed by atoms with van der Waals surface area (Å²) in [6.45, 7) is -0.965. The number of hydrogen-bond acceptors (Lipinski definition) is 4. The van der Waals surface area contributed by atoms with Crippen LogP contribution in [-0.2, 0) is 16.1 Å². The monoisotopic (exact) mass is 290 g/mol. The number of nitrogens with two attached hydrogens (primary N) is 1. The van der Waals surface area contributed by atoms with Crippen LogP contribution in [0, 0.1) is 11.3 Å². The topological polar surface area (TPSA) is 137 Å². The molecule has 4 N–H and O–H groups in total. The molecule has 0 radical (unpaired) electrons. The molecule has 0 aromatic heterocycles. The van der Waals surface area contributed by atoms with Crippen LogP contribution in [0.15, 0.2) is 24.3 Å². The molecule has 110 valence electrons. The number of nitrogens with zero attached hydrogens (tertiary/aromatic N) is 2. The Hall–Kier alpha value is -3.08. The first-order valence-corrected chi connectivity index (χ1v) is 5.94. The quantitative estimate of drug-likeness (QED) is 0.657. The highest BCUT2D eigenvalue weighted by Gasteiger charge is 2.18. The van der Waals surface area contributed by atoms with Crippen LogP contribution in [0.3, 0.4) is 0 Å². The van der Waals surface area contributed by atoms with Crippen LogP contribution in [0.5, 0.6) is 0 Å². The van der Waals surface area contributed by atoms with E-state index in [-0.39, 0.29) is 6.54 Å². The lowest BCUT2D eigenvalue weighted by molar-refractivity contribution is -0.137. The number of aliphatic carboxylic acids is 1. The van der Waals surface area contributed by atoms with Gasteiger partial charge in [0.25, 0.3) is 0 Å². The number of rotatable bonds is 6. The van der Waals surface area contributed by atoms with Crippen molar-refractivity contribution < 1.29 is 19.5 Å². The van der Waals surface area contributed by atoms with E-state index in [4.69, 9.17) is 16.1 Å². The highest BCUT2D eigenvalue weighted by atomic mass is 16.4. The summed E-state index contributed by atoms with van der Waals surface area (Å²) in [6.07, 6.45) is 0. The van der Waals surface area contributed by atoms with Crippen LogP contribution in [0.4, 0.5) is 4.79 Å². The maximum absolute atomic E-state index is 11.8. The van der Waals surface area contributed by atoms with Gasteiger partial charge in [0.15, 0.2) is 0 Å². The standard InChI is InChI=1S/C13H14N4O4/c14-5-9-1-3-10(4-2-9)6-16-13(21)17(7-11(15)18)8-12(19)20/h1-4H,6-8H2,(H2,15,18)(H,16,21)(H,19,20). The number of carboxylic acids is 1. The molecule has 0 heterocycles. The van der Waals surface area contributed by atoms with E-state index in [1.165, 1.54) is 0 Å². The molecule has 0 fully saturated rings. The van der Waals surface area contributed by atoms with Crippen LogP contribution in [-0.4, -0.2) is 41.0 Å². The van der Waals surface area contributed by atoms with E-state index in [9.17, 15) is 14.4 Å². The number of hydrogen-bond donors (Lipinski definition) is 3. The van der Waals surface area contributed by atoms with E-state index in [0.717, 1.165) is 10.5 Å². The SMILES string of the molecule is N#Cc1ccc(CNC(=O)N(CC(N)=O)CC(=O)O)cc1. The zero-order chi connectivity index (χ0) is 15.8. The molecule has 0 spiro atoms. The van der Waals surface area contributed by atoms with Crippen LogP contribution >= 0.6 is 0 Å². The molecule has 1 rings (SSSR count). The number of nitriles is 1. The molecule has 1 aromatic carbocycles. The Morgan fingerprint density at radius 3 is 2.33 bits per heavy atom. The van der Waals surface area contributed by atoms with Crippen molar-refractivity contribution in [2.24, 2.45) is 5.73 Å². The molecule has 0 unspecified atom stereocenters. The lowest BCUT2D eigenvalue weighted by Crippen LogP contribution is -2.46. The maximum Gasteiger partial charge on any atom is 0.323 e. The number of benzene rings is 1. The molecule has 3 amide bonds. The molecule has 0 saturated heterocycles. The summed E-state index contributed by atoms with van der Waals surface area (Å²) in [5.41, 5.74) is 6.19. The van der Waals surface area contributed by atoms with Crippen molar-refractivity contribution in [2.75, 3.05) is 13.1 Å². The van der Waals surface area contributed by atoms with E-state index in [1.54, 1.807) is 24.3 Å². The highest BCUT2D eigenvalue weighted by molar-refractivity contribution is 5.85. The van der Waals surface area contributed by atoms with Crippen molar-refractivity contribution in [1.29, 1.82) is 5.26 Å². The van der Waals surface area contributed by atoms with Gasteiger partial charge < -0.3 is 21.1 Å². The first-order chi connectivity index (χ1) is 9.92. The average Bonchev–Trinajstić information content (AvgIpc) is 2.43. The van der Waals surface area contributed by atoms with Gasteiger partial charge in [-0.2, -0.15) is 5.26 Å². The van der Waals surface area contributed by atoms with Gasteiger partial charge in [-0.1, -0.05) is 12.1 Å². The highest BCUT2D eigenvalue weighted by Crippen LogP contribution is 2.03. The lowest BCUT2D eigenvalue weighted by atomic mass is 10.1. The van der Waals surface area contributed by atoms with E-state index < -0.39 is 31.0 Å². The van der Waals surface area contributed by atoms with Gasteiger partial charge in [-0.3, -0.25) is 9.59 Å².